The molecule has 0 fully saturated rings. The van der Waals surface area contributed by atoms with Crippen LogP contribution < -0.4 is 0 Å². The predicted octanol–water partition coefficient (Wildman–Crippen LogP) is 5.12. The van der Waals surface area contributed by atoms with E-state index in [0.29, 0.717) is 4.83 Å². The third-order valence-corrected chi connectivity index (χ3v) is 3.25. The number of halogens is 1. The molecule has 0 bridgehead atoms. The van der Waals surface area contributed by atoms with Crippen LogP contribution in [-0.4, -0.2) is 0 Å². The maximum absolute atomic E-state index is 3.65. The summed E-state index contributed by atoms with van der Waals surface area (Å²) < 4.78 is 0. The number of aryl methyl sites for hydroxylation is 1. The maximum Gasteiger partial charge on any atom is 0.0373 e. The fourth-order valence-corrected chi connectivity index (χ4v) is 2.24. The summed E-state index contributed by atoms with van der Waals surface area (Å²) in [6.07, 6.45) is 0. The van der Waals surface area contributed by atoms with E-state index >= 15 is 0 Å². The molecular weight excluding hydrogens is 260 g/mol. The summed E-state index contributed by atoms with van der Waals surface area (Å²) in [4.78, 5) is 0.380. The smallest absolute Gasteiger partial charge is 0.0373 e. The Kier molecular flexibility index (Phi) is 3.45. The van der Waals surface area contributed by atoms with Gasteiger partial charge in [0, 0.05) is 4.83 Å². The van der Waals surface area contributed by atoms with Crippen LogP contribution in [0.3, 0.4) is 0 Å². The first-order chi connectivity index (χ1) is 7.68. The molecule has 1 heteroatoms. The summed E-state index contributed by atoms with van der Waals surface area (Å²) in [7, 11) is 0. The van der Waals surface area contributed by atoms with Gasteiger partial charge in [-0.3, -0.25) is 0 Å². The molecular formula is C15H15Br. The van der Waals surface area contributed by atoms with Crippen molar-refractivity contribution in [3.63, 3.8) is 0 Å². The molecule has 0 spiro atoms. The summed E-state index contributed by atoms with van der Waals surface area (Å²) in [5.41, 5.74) is 5.24. The van der Waals surface area contributed by atoms with Gasteiger partial charge in [-0.1, -0.05) is 70.0 Å². The Morgan fingerprint density at radius 1 is 0.938 bits per heavy atom. The lowest BCUT2D eigenvalue weighted by atomic mass is 9.97. The Morgan fingerprint density at radius 3 is 2.19 bits per heavy atom. The first-order valence-electron chi connectivity index (χ1n) is 5.48. The van der Waals surface area contributed by atoms with Gasteiger partial charge in [0.1, 0.15) is 0 Å². The van der Waals surface area contributed by atoms with Gasteiger partial charge >= 0.3 is 0 Å². The molecule has 16 heavy (non-hydrogen) atoms. The van der Waals surface area contributed by atoms with E-state index in [1.54, 1.807) is 0 Å². The average Bonchev–Trinajstić information content (AvgIpc) is 2.30. The van der Waals surface area contributed by atoms with Crippen molar-refractivity contribution in [1.82, 2.24) is 0 Å². The van der Waals surface area contributed by atoms with Crippen molar-refractivity contribution in [3.8, 4) is 11.1 Å². The minimum atomic E-state index is 0.380. The molecule has 2 aromatic carbocycles. The average molecular weight is 275 g/mol. The Morgan fingerprint density at radius 2 is 1.56 bits per heavy atom. The quantitative estimate of drug-likeness (QED) is 0.667. The molecule has 2 rings (SSSR count). The first-order valence-corrected chi connectivity index (χ1v) is 6.40. The number of alkyl halides is 1. The summed E-state index contributed by atoms with van der Waals surface area (Å²) in [6, 6.07) is 17.2. The largest absolute Gasteiger partial charge is 0.0842 e. The second-order valence-electron chi connectivity index (χ2n) is 4.07. The first kappa shape index (κ1) is 11.4. The minimum Gasteiger partial charge on any atom is -0.0842 e. The SMILES string of the molecule is Cc1ccc(-c2ccccc2C(C)Br)cc1. The fraction of sp³-hybridized carbons (Fsp3) is 0.200. The normalized spacial score (nSPS) is 12.4. The van der Waals surface area contributed by atoms with Crippen molar-refractivity contribution in [3.05, 3.63) is 59.7 Å². The molecule has 0 saturated carbocycles. The van der Waals surface area contributed by atoms with Crippen molar-refractivity contribution >= 4 is 15.9 Å². The highest BCUT2D eigenvalue weighted by Gasteiger charge is 2.08. The minimum absolute atomic E-state index is 0.380. The Hall–Kier alpha value is -1.08. The summed E-state index contributed by atoms with van der Waals surface area (Å²) in [6.45, 7) is 4.27. The summed E-state index contributed by atoms with van der Waals surface area (Å²) in [5.74, 6) is 0. The fourth-order valence-electron chi connectivity index (χ4n) is 1.84. The molecule has 0 aliphatic carbocycles. The van der Waals surface area contributed by atoms with Crippen molar-refractivity contribution in [2.24, 2.45) is 0 Å². The zero-order valence-corrected chi connectivity index (χ0v) is 11.2. The van der Waals surface area contributed by atoms with Crippen LogP contribution in [0.1, 0.15) is 22.9 Å². The number of rotatable bonds is 2. The molecule has 0 nitrogen and oxygen atoms in total. The molecule has 0 aromatic heterocycles. The predicted molar refractivity (Wildman–Crippen MR) is 74.0 cm³/mol. The van der Waals surface area contributed by atoms with Crippen molar-refractivity contribution in [1.29, 1.82) is 0 Å². The second-order valence-corrected chi connectivity index (χ2v) is 5.44. The number of hydrogen-bond donors (Lipinski definition) is 0. The molecule has 1 unspecified atom stereocenters. The molecule has 0 N–H and O–H groups in total. The van der Waals surface area contributed by atoms with Gasteiger partial charge in [-0.15, -0.1) is 0 Å². The van der Waals surface area contributed by atoms with Crippen LogP contribution in [0, 0.1) is 6.92 Å². The molecule has 82 valence electrons. The summed E-state index contributed by atoms with van der Waals surface area (Å²) in [5, 5.41) is 0. The van der Waals surface area contributed by atoms with Gasteiger partial charge in [0.25, 0.3) is 0 Å². The van der Waals surface area contributed by atoms with Crippen LogP contribution in [0.15, 0.2) is 48.5 Å². The van der Waals surface area contributed by atoms with Crippen LogP contribution >= 0.6 is 15.9 Å². The number of hydrogen-bond acceptors (Lipinski definition) is 0. The highest BCUT2D eigenvalue weighted by Crippen LogP contribution is 2.32. The number of benzene rings is 2. The van der Waals surface area contributed by atoms with E-state index in [-0.39, 0.29) is 0 Å². The monoisotopic (exact) mass is 274 g/mol. The van der Waals surface area contributed by atoms with Gasteiger partial charge in [0.15, 0.2) is 0 Å². The van der Waals surface area contributed by atoms with Crippen LogP contribution in [-0.2, 0) is 0 Å². The van der Waals surface area contributed by atoms with Crippen LogP contribution in [0.25, 0.3) is 11.1 Å². The van der Waals surface area contributed by atoms with Crippen molar-refractivity contribution < 1.29 is 0 Å². The Balaban J connectivity index is 2.51. The maximum atomic E-state index is 3.65. The zero-order valence-electron chi connectivity index (χ0n) is 9.57. The molecule has 0 radical (unpaired) electrons. The highest BCUT2D eigenvalue weighted by atomic mass is 79.9. The van der Waals surface area contributed by atoms with Crippen LogP contribution in [0.2, 0.25) is 0 Å². The molecule has 0 heterocycles. The van der Waals surface area contributed by atoms with Gasteiger partial charge in [-0.05, 0) is 30.5 Å². The topological polar surface area (TPSA) is 0 Å². The van der Waals surface area contributed by atoms with Gasteiger partial charge in [-0.2, -0.15) is 0 Å². The third kappa shape index (κ3) is 2.35. The van der Waals surface area contributed by atoms with Gasteiger partial charge < -0.3 is 0 Å². The highest BCUT2D eigenvalue weighted by molar-refractivity contribution is 9.09. The van der Waals surface area contributed by atoms with Gasteiger partial charge in [0.2, 0.25) is 0 Å². The van der Waals surface area contributed by atoms with Crippen LogP contribution in [0.5, 0.6) is 0 Å². The molecule has 0 amide bonds. The van der Waals surface area contributed by atoms with Crippen LogP contribution in [0.4, 0.5) is 0 Å². The standard InChI is InChI=1S/C15H15Br/c1-11-7-9-13(10-8-11)15-6-4-3-5-14(15)12(2)16/h3-10,12H,1-2H3. The van der Waals surface area contributed by atoms with Gasteiger partial charge in [-0.25, -0.2) is 0 Å². The van der Waals surface area contributed by atoms with Gasteiger partial charge in [0.05, 0.1) is 0 Å². The lowest BCUT2D eigenvalue weighted by molar-refractivity contribution is 1.13. The Bertz CT molecular complexity index is 469. The molecule has 0 saturated heterocycles. The molecule has 0 aliphatic rings. The van der Waals surface area contributed by atoms with E-state index in [2.05, 4.69) is 78.3 Å². The van der Waals surface area contributed by atoms with E-state index in [9.17, 15) is 0 Å². The zero-order chi connectivity index (χ0) is 11.5. The third-order valence-electron chi connectivity index (χ3n) is 2.75. The Labute approximate surface area is 105 Å². The summed E-state index contributed by atoms with van der Waals surface area (Å²) >= 11 is 3.65. The van der Waals surface area contributed by atoms with E-state index in [0.717, 1.165) is 0 Å². The van der Waals surface area contributed by atoms with E-state index < -0.39 is 0 Å². The van der Waals surface area contributed by atoms with E-state index in [4.69, 9.17) is 0 Å². The lowest BCUT2D eigenvalue weighted by Crippen LogP contribution is -1.89. The molecule has 1 atom stereocenters. The van der Waals surface area contributed by atoms with E-state index in [1.165, 1.54) is 22.3 Å². The molecule has 0 aliphatic heterocycles. The second kappa shape index (κ2) is 4.84. The molecule has 2 aromatic rings. The van der Waals surface area contributed by atoms with Crippen molar-refractivity contribution in [2.45, 2.75) is 18.7 Å². The van der Waals surface area contributed by atoms with Crippen molar-refractivity contribution in [2.75, 3.05) is 0 Å². The lowest BCUT2D eigenvalue weighted by Gasteiger charge is -2.11. The van der Waals surface area contributed by atoms with E-state index in [1.807, 2.05) is 0 Å².